The Morgan fingerprint density at radius 2 is 2.18 bits per heavy atom. The zero-order valence-electron chi connectivity index (χ0n) is 11.2. The zero-order chi connectivity index (χ0) is 13.1. The molecule has 0 fully saturated rings. The van der Waals surface area contributed by atoms with Crippen LogP contribution < -0.4 is 10.6 Å². The van der Waals surface area contributed by atoms with Crippen LogP contribution in [0.3, 0.4) is 0 Å². The molecule has 0 aliphatic carbocycles. The van der Waals surface area contributed by atoms with Crippen molar-refractivity contribution in [3.05, 3.63) is 12.4 Å². The summed E-state index contributed by atoms with van der Waals surface area (Å²) < 4.78 is 1.82. The second-order valence-electron chi connectivity index (χ2n) is 5.19. The maximum Gasteiger partial charge on any atom is 0.242 e. The van der Waals surface area contributed by atoms with Gasteiger partial charge in [-0.2, -0.15) is 5.10 Å². The van der Waals surface area contributed by atoms with Gasteiger partial charge in [0, 0.05) is 18.3 Å². The van der Waals surface area contributed by atoms with Gasteiger partial charge in [0.05, 0.1) is 11.9 Å². The van der Waals surface area contributed by atoms with E-state index in [4.69, 9.17) is 0 Å². The third-order valence-corrected chi connectivity index (χ3v) is 2.23. The van der Waals surface area contributed by atoms with Crippen LogP contribution in [0.4, 0.5) is 5.69 Å². The SMILES string of the molecule is CCn1cc(N[C@H](C)C(=O)NC(C)(C)C)cn1. The summed E-state index contributed by atoms with van der Waals surface area (Å²) in [5.74, 6) is -0.0123. The fourth-order valence-corrected chi connectivity index (χ4v) is 1.40. The number of aromatic nitrogens is 2. The van der Waals surface area contributed by atoms with Gasteiger partial charge in [0.25, 0.3) is 0 Å². The number of amides is 1. The minimum absolute atomic E-state index is 0.0123. The van der Waals surface area contributed by atoms with E-state index in [1.54, 1.807) is 6.20 Å². The van der Waals surface area contributed by atoms with Crippen LogP contribution in [0, 0.1) is 0 Å². The van der Waals surface area contributed by atoms with Crippen molar-refractivity contribution in [3.63, 3.8) is 0 Å². The molecule has 17 heavy (non-hydrogen) atoms. The van der Waals surface area contributed by atoms with Crippen LogP contribution in [0.2, 0.25) is 0 Å². The molecule has 2 N–H and O–H groups in total. The Bertz CT molecular complexity index is 378. The lowest BCUT2D eigenvalue weighted by Crippen LogP contribution is -2.47. The highest BCUT2D eigenvalue weighted by Gasteiger charge is 2.19. The molecule has 1 aromatic heterocycles. The summed E-state index contributed by atoms with van der Waals surface area (Å²) in [6.07, 6.45) is 3.62. The number of rotatable bonds is 4. The Morgan fingerprint density at radius 1 is 1.53 bits per heavy atom. The van der Waals surface area contributed by atoms with Gasteiger partial charge in [0.1, 0.15) is 6.04 Å². The molecule has 0 radical (unpaired) electrons. The van der Waals surface area contributed by atoms with Gasteiger partial charge in [-0.1, -0.05) is 0 Å². The molecule has 0 saturated heterocycles. The molecule has 0 spiro atoms. The van der Waals surface area contributed by atoms with E-state index >= 15 is 0 Å². The summed E-state index contributed by atoms with van der Waals surface area (Å²) in [6, 6.07) is -0.274. The first kappa shape index (κ1) is 13.5. The molecule has 1 amide bonds. The topological polar surface area (TPSA) is 59.0 Å². The molecule has 5 nitrogen and oxygen atoms in total. The first-order valence-corrected chi connectivity index (χ1v) is 5.93. The maximum absolute atomic E-state index is 11.8. The van der Waals surface area contributed by atoms with E-state index in [9.17, 15) is 4.79 Å². The van der Waals surface area contributed by atoms with E-state index in [-0.39, 0.29) is 17.5 Å². The van der Waals surface area contributed by atoms with Crippen LogP contribution in [0.1, 0.15) is 34.6 Å². The molecule has 1 heterocycles. The van der Waals surface area contributed by atoms with Crippen LogP contribution in [0.5, 0.6) is 0 Å². The van der Waals surface area contributed by atoms with Gasteiger partial charge in [0.2, 0.25) is 5.91 Å². The molecule has 0 aliphatic heterocycles. The molecule has 0 aromatic carbocycles. The van der Waals surface area contributed by atoms with E-state index in [0.29, 0.717) is 0 Å². The highest BCUT2D eigenvalue weighted by atomic mass is 16.2. The Balaban J connectivity index is 2.54. The van der Waals surface area contributed by atoms with Gasteiger partial charge < -0.3 is 10.6 Å². The van der Waals surface area contributed by atoms with Crippen molar-refractivity contribution in [2.75, 3.05) is 5.32 Å². The van der Waals surface area contributed by atoms with Crippen molar-refractivity contribution in [1.29, 1.82) is 0 Å². The Labute approximate surface area is 103 Å². The van der Waals surface area contributed by atoms with Crippen molar-refractivity contribution in [2.45, 2.75) is 52.7 Å². The number of carbonyl (C=O) groups excluding carboxylic acids is 1. The number of hydrogen-bond donors (Lipinski definition) is 2. The molecule has 0 unspecified atom stereocenters. The number of hydrogen-bond acceptors (Lipinski definition) is 3. The summed E-state index contributed by atoms with van der Waals surface area (Å²) in [5.41, 5.74) is 0.657. The molecule has 96 valence electrons. The fraction of sp³-hybridized carbons (Fsp3) is 0.667. The van der Waals surface area contributed by atoms with E-state index < -0.39 is 0 Å². The van der Waals surface area contributed by atoms with Crippen molar-refractivity contribution in [2.24, 2.45) is 0 Å². The molecule has 1 atom stereocenters. The quantitative estimate of drug-likeness (QED) is 0.838. The summed E-state index contributed by atoms with van der Waals surface area (Å²) in [6.45, 7) is 10.6. The number of nitrogens with zero attached hydrogens (tertiary/aromatic N) is 2. The Hall–Kier alpha value is -1.52. The van der Waals surface area contributed by atoms with Crippen LogP contribution >= 0.6 is 0 Å². The average Bonchev–Trinajstić information content (AvgIpc) is 2.62. The summed E-state index contributed by atoms with van der Waals surface area (Å²) in [4.78, 5) is 11.8. The maximum atomic E-state index is 11.8. The Kier molecular flexibility index (Phi) is 4.15. The largest absolute Gasteiger partial charge is 0.371 e. The summed E-state index contributed by atoms with van der Waals surface area (Å²) >= 11 is 0. The van der Waals surface area contributed by atoms with Gasteiger partial charge in [-0.3, -0.25) is 9.48 Å². The van der Waals surface area contributed by atoms with Crippen molar-refractivity contribution in [3.8, 4) is 0 Å². The fourth-order valence-electron chi connectivity index (χ4n) is 1.40. The van der Waals surface area contributed by atoms with Gasteiger partial charge in [-0.15, -0.1) is 0 Å². The number of aryl methyl sites for hydroxylation is 1. The van der Waals surface area contributed by atoms with Gasteiger partial charge >= 0.3 is 0 Å². The smallest absolute Gasteiger partial charge is 0.242 e. The molecule has 0 aliphatic rings. The molecule has 0 bridgehead atoms. The second kappa shape index (κ2) is 5.21. The second-order valence-corrected chi connectivity index (χ2v) is 5.19. The van der Waals surface area contributed by atoms with Crippen molar-refractivity contribution < 1.29 is 4.79 Å². The van der Waals surface area contributed by atoms with Crippen LogP contribution in [-0.2, 0) is 11.3 Å². The minimum atomic E-state index is -0.274. The number of anilines is 1. The van der Waals surface area contributed by atoms with E-state index in [0.717, 1.165) is 12.2 Å². The van der Waals surface area contributed by atoms with E-state index in [1.807, 2.05) is 45.5 Å². The molecule has 1 aromatic rings. The van der Waals surface area contributed by atoms with E-state index in [1.165, 1.54) is 0 Å². The average molecular weight is 238 g/mol. The van der Waals surface area contributed by atoms with Crippen LogP contribution in [0.15, 0.2) is 12.4 Å². The van der Waals surface area contributed by atoms with Crippen molar-refractivity contribution >= 4 is 11.6 Å². The lowest BCUT2D eigenvalue weighted by atomic mass is 10.1. The highest BCUT2D eigenvalue weighted by Crippen LogP contribution is 2.07. The third-order valence-electron chi connectivity index (χ3n) is 2.23. The monoisotopic (exact) mass is 238 g/mol. The minimum Gasteiger partial charge on any atom is -0.371 e. The van der Waals surface area contributed by atoms with Crippen LogP contribution in [0.25, 0.3) is 0 Å². The zero-order valence-corrected chi connectivity index (χ0v) is 11.2. The highest BCUT2D eigenvalue weighted by molar-refractivity contribution is 5.84. The lowest BCUT2D eigenvalue weighted by molar-refractivity contribution is -0.122. The molecule has 5 heteroatoms. The van der Waals surface area contributed by atoms with Crippen molar-refractivity contribution in [1.82, 2.24) is 15.1 Å². The lowest BCUT2D eigenvalue weighted by Gasteiger charge is -2.23. The first-order chi connectivity index (χ1) is 7.81. The van der Waals surface area contributed by atoms with Gasteiger partial charge in [0.15, 0.2) is 0 Å². The van der Waals surface area contributed by atoms with E-state index in [2.05, 4.69) is 15.7 Å². The summed E-state index contributed by atoms with van der Waals surface area (Å²) in [5, 5.41) is 10.2. The number of carbonyl (C=O) groups is 1. The van der Waals surface area contributed by atoms with Gasteiger partial charge in [-0.05, 0) is 34.6 Å². The molecule has 1 rings (SSSR count). The third kappa shape index (κ3) is 4.46. The summed E-state index contributed by atoms with van der Waals surface area (Å²) in [7, 11) is 0. The number of nitrogens with one attached hydrogen (secondary N) is 2. The van der Waals surface area contributed by atoms with Gasteiger partial charge in [-0.25, -0.2) is 0 Å². The normalized spacial score (nSPS) is 13.2. The molecular weight excluding hydrogens is 216 g/mol. The standard InChI is InChI=1S/C12H22N4O/c1-6-16-8-10(7-13-16)14-9(2)11(17)15-12(3,4)5/h7-9,14H,6H2,1-5H3,(H,15,17)/t9-/m1/s1. The Morgan fingerprint density at radius 3 is 2.65 bits per heavy atom. The predicted octanol–water partition coefficient (Wildman–Crippen LogP) is 1.62. The first-order valence-electron chi connectivity index (χ1n) is 5.93. The molecular formula is C12H22N4O. The molecule has 0 saturated carbocycles. The predicted molar refractivity (Wildman–Crippen MR) is 68.9 cm³/mol. The van der Waals surface area contributed by atoms with Crippen LogP contribution in [-0.4, -0.2) is 27.3 Å².